The van der Waals surface area contributed by atoms with Gasteiger partial charge in [0.2, 0.25) is 5.95 Å². The SMILES string of the molecule is Cc1cn(C)c(Nc2cc(Cl)c(Cl)cc2Cl)n1. The van der Waals surface area contributed by atoms with Crippen molar-refractivity contribution in [2.24, 2.45) is 7.05 Å². The molecule has 0 spiro atoms. The van der Waals surface area contributed by atoms with E-state index in [9.17, 15) is 0 Å². The van der Waals surface area contributed by atoms with Crippen LogP contribution in [0.25, 0.3) is 0 Å². The van der Waals surface area contributed by atoms with Crippen LogP contribution in [0.4, 0.5) is 11.6 Å². The van der Waals surface area contributed by atoms with Gasteiger partial charge in [0.15, 0.2) is 0 Å². The largest absolute Gasteiger partial charge is 0.324 e. The van der Waals surface area contributed by atoms with Gasteiger partial charge in [0.25, 0.3) is 0 Å². The summed E-state index contributed by atoms with van der Waals surface area (Å²) < 4.78 is 1.87. The fourth-order valence-corrected chi connectivity index (χ4v) is 2.07. The molecule has 17 heavy (non-hydrogen) atoms. The van der Waals surface area contributed by atoms with Crippen molar-refractivity contribution in [2.45, 2.75) is 6.92 Å². The molecular weight excluding hydrogens is 281 g/mol. The fraction of sp³-hybridized carbons (Fsp3) is 0.182. The van der Waals surface area contributed by atoms with Crippen LogP contribution < -0.4 is 5.32 Å². The van der Waals surface area contributed by atoms with E-state index in [4.69, 9.17) is 34.8 Å². The quantitative estimate of drug-likeness (QED) is 0.829. The Morgan fingerprint density at radius 2 is 1.76 bits per heavy atom. The second-order valence-electron chi connectivity index (χ2n) is 3.69. The molecule has 0 fully saturated rings. The highest BCUT2D eigenvalue weighted by Crippen LogP contribution is 2.33. The monoisotopic (exact) mass is 289 g/mol. The van der Waals surface area contributed by atoms with Gasteiger partial charge >= 0.3 is 0 Å². The van der Waals surface area contributed by atoms with E-state index in [1.54, 1.807) is 12.1 Å². The molecule has 0 atom stereocenters. The number of aryl methyl sites for hydroxylation is 2. The minimum Gasteiger partial charge on any atom is -0.324 e. The van der Waals surface area contributed by atoms with E-state index in [0.29, 0.717) is 26.7 Å². The molecule has 0 bridgehead atoms. The number of benzene rings is 1. The number of imidazole rings is 1. The van der Waals surface area contributed by atoms with Gasteiger partial charge in [0, 0.05) is 13.2 Å². The molecule has 0 amide bonds. The minimum atomic E-state index is 0.429. The number of halogens is 3. The number of aromatic nitrogens is 2. The standard InChI is InChI=1S/C11H10Cl3N3/c1-6-5-17(2)11(15-6)16-10-4-8(13)7(12)3-9(10)14/h3-5H,1-2H3,(H,15,16). The van der Waals surface area contributed by atoms with Crippen LogP contribution >= 0.6 is 34.8 Å². The second kappa shape index (κ2) is 4.77. The van der Waals surface area contributed by atoms with Crippen LogP contribution in [0.2, 0.25) is 15.1 Å². The molecular formula is C11H10Cl3N3. The minimum absolute atomic E-state index is 0.429. The van der Waals surface area contributed by atoms with Crippen LogP contribution in [0, 0.1) is 6.92 Å². The Balaban J connectivity index is 2.36. The smallest absolute Gasteiger partial charge is 0.207 e. The molecule has 0 saturated carbocycles. The molecule has 3 nitrogen and oxygen atoms in total. The summed E-state index contributed by atoms with van der Waals surface area (Å²) in [4.78, 5) is 4.32. The Morgan fingerprint density at radius 1 is 1.12 bits per heavy atom. The molecule has 1 heterocycles. The van der Waals surface area contributed by atoms with Crippen molar-refractivity contribution >= 4 is 46.4 Å². The maximum absolute atomic E-state index is 6.07. The maximum Gasteiger partial charge on any atom is 0.207 e. The highest BCUT2D eigenvalue weighted by atomic mass is 35.5. The van der Waals surface area contributed by atoms with Crippen molar-refractivity contribution in [3.63, 3.8) is 0 Å². The summed E-state index contributed by atoms with van der Waals surface area (Å²) in [6.45, 7) is 1.92. The third kappa shape index (κ3) is 2.68. The van der Waals surface area contributed by atoms with E-state index in [0.717, 1.165) is 5.69 Å². The third-order valence-corrected chi connectivity index (χ3v) is 3.29. The zero-order chi connectivity index (χ0) is 12.6. The van der Waals surface area contributed by atoms with E-state index in [-0.39, 0.29) is 0 Å². The van der Waals surface area contributed by atoms with Crippen LogP contribution in [-0.2, 0) is 7.05 Å². The van der Waals surface area contributed by atoms with Gasteiger partial charge in [-0.1, -0.05) is 34.8 Å². The highest BCUT2D eigenvalue weighted by molar-refractivity contribution is 6.44. The first kappa shape index (κ1) is 12.6. The van der Waals surface area contributed by atoms with Crippen LogP contribution in [-0.4, -0.2) is 9.55 Å². The van der Waals surface area contributed by atoms with E-state index >= 15 is 0 Å². The number of anilines is 2. The number of nitrogens with one attached hydrogen (secondary N) is 1. The van der Waals surface area contributed by atoms with Crippen LogP contribution in [0.3, 0.4) is 0 Å². The van der Waals surface area contributed by atoms with E-state index in [1.807, 2.05) is 24.7 Å². The molecule has 6 heteroatoms. The molecule has 1 N–H and O–H groups in total. The molecule has 0 aliphatic heterocycles. The first-order valence-electron chi connectivity index (χ1n) is 4.89. The van der Waals surface area contributed by atoms with Gasteiger partial charge in [-0.25, -0.2) is 4.98 Å². The molecule has 0 aliphatic rings. The summed E-state index contributed by atoms with van der Waals surface area (Å²) >= 11 is 17.9. The number of rotatable bonds is 2. The molecule has 1 aromatic carbocycles. The predicted molar refractivity (Wildman–Crippen MR) is 72.7 cm³/mol. The molecule has 0 unspecified atom stereocenters. The Morgan fingerprint density at radius 3 is 2.35 bits per heavy atom. The first-order chi connectivity index (χ1) is 7.97. The predicted octanol–water partition coefficient (Wildman–Crippen LogP) is 4.43. The molecule has 2 aromatic rings. The third-order valence-electron chi connectivity index (χ3n) is 2.25. The molecule has 0 aliphatic carbocycles. The number of nitrogens with zero attached hydrogens (tertiary/aromatic N) is 2. The van der Waals surface area contributed by atoms with Crippen molar-refractivity contribution in [3.05, 3.63) is 39.1 Å². The summed E-state index contributed by atoms with van der Waals surface area (Å²) in [6, 6.07) is 3.28. The van der Waals surface area contributed by atoms with Crippen LogP contribution in [0.1, 0.15) is 5.69 Å². The first-order valence-corrected chi connectivity index (χ1v) is 6.02. The lowest BCUT2D eigenvalue weighted by atomic mass is 10.3. The van der Waals surface area contributed by atoms with Gasteiger partial charge in [-0.05, 0) is 19.1 Å². The summed E-state index contributed by atoms with van der Waals surface area (Å²) in [5.74, 6) is 0.697. The molecule has 2 rings (SSSR count). The Hall–Kier alpha value is -0.900. The highest BCUT2D eigenvalue weighted by Gasteiger charge is 2.09. The number of hydrogen-bond donors (Lipinski definition) is 1. The Kier molecular flexibility index (Phi) is 3.52. The van der Waals surface area contributed by atoms with Gasteiger partial charge in [0.05, 0.1) is 26.4 Å². The van der Waals surface area contributed by atoms with Crippen LogP contribution in [0.15, 0.2) is 18.3 Å². The summed E-state index contributed by atoms with van der Waals surface area (Å²) in [5.41, 5.74) is 1.60. The Labute approximate surface area is 114 Å². The van der Waals surface area contributed by atoms with Crippen LogP contribution in [0.5, 0.6) is 0 Å². The van der Waals surface area contributed by atoms with Gasteiger partial charge in [-0.3, -0.25) is 0 Å². The maximum atomic E-state index is 6.07. The molecule has 90 valence electrons. The second-order valence-corrected chi connectivity index (χ2v) is 4.91. The van der Waals surface area contributed by atoms with E-state index < -0.39 is 0 Å². The zero-order valence-corrected chi connectivity index (χ0v) is 11.5. The molecule has 0 saturated heterocycles. The van der Waals surface area contributed by atoms with Crippen molar-refractivity contribution in [2.75, 3.05) is 5.32 Å². The van der Waals surface area contributed by atoms with Crippen molar-refractivity contribution < 1.29 is 0 Å². The lowest BCUT2D eigenvalue weighted by molar-refractivity contribution is 0.924. The topological polar surface area (TPSA) is 29.9 Å². The lowest BCUT2D eigenvalue weighted by Gasteiger charge is -2.09. The Bertz CT molecular complexity index is 563. The van der Waals surface area contributed by atoms with Crippen molar-refractivity contribution in [3.8, 4) is 0 Å². The zero-order valence-electron chi connectivity index (χ0n) is 9.26. The molecule has 1 aromatic heterocycles. The van der Waals surface area contributed by atoms with E-state index in [1.165, 1.54) is 0 Å². The lowest BCUT2D eigenvalue weighted by Crippen LogP contribution is -1.99. The van der Waals surface area contributed by atoms with Crippen molar-refractivity contribution in [1.82, 2.24) is 9.55 Å². The summed E-state index contributed by atoms with van der Waals surface area (Å²) in [6.07, 6.45) is 1.91. The van der Waals surface area contributed by atoms with E-state index in [2.05, 4.69) is 10.3 Å². The fourth-order valence-electron chi connectivity index (χ4n) is 1.47. The van der Waals surface area contributed by atoms with Crippen molar-refractivity contribution in [1.29, 1.82) is 0 Å². The van der Waals surface area contributed by atoms with Gasteiger partial charge in [-0.15, -0.1) is 0 Å². The normalized spacial score (nSPS) is 10.6. The summed E-state index contributed by atoms with van der Waals surface area (Å²) in [5, 5.41) is 4.48. The van der Waals surface area contributed by atoms with Gasteiger partial charge in [-0.2, -0.15) is 0 Å². The van der Waals surface area contributed by atoms with Gasteiger partial charge in [0.1, 0.15) is 0 Å². The summed E-state index contributed by atoms with van der Waals surface area (Å²) in [7, 11) is 1.90. The average molecular weight is 291 g/mol. The molecule has 0 radical (unpaired) electrons. The average Bonchev–Trinajstić information content (AvgIpc) is 2.54. The number of hydrogen-bond acceptors (Lipinski definition) is 2. The van der Waals surface area contributed by atoms with Gasteiger partial charge < -0.3 is 9.88 Å².